The van der Waals surface area contributed by atoms with Crippen LogP contribution in [0.15, 0.2) is 54.9 Å². The molecule has 0 unspecified atom stereocenters. The Balaban J connectivity index is 1.41. The van der Waals surface area contributed by atoms with Crippen LogP contribution in [0.3, 0.4) is 0 Å². The van der Waals surface area contributed by atoms with Gasteiger partial charge in [0.15, 0.2) is 5.82 Å². The highest BCUT2D eigenvalue weighted by Gasteiger charge is 2.23. The van der Waals surface area contributed by atoms with Crippen molar-refractivity contribution in [1.29, 1.82) is 0 Å². The van der Waals surface area contributed by atoms with Crippen molar-refractivity contribution < 1.29 is 4.79 Å². The van der Waals surface area contributed by atoms with Crippen LogP contribution >= 0.6 is 0 Å². The first-order valence-electron chi connectivity index (χ1n) is 9.47. The van der Waals surface area contributed by atoms with E-state index in [9.17, 15) is 4.79 Å². The van der Waals surface area contributed by atoms with Crippen molar-refractivity contribution >= 4 is 11.7 Å². The highest BCUT2D eigenvalue weighted by Crippen LogP contribution is 2.22. The van der Waals surface area contributed by atoms with Crippen LogP contribution in [-0.2, 0) is 0 Å². The molecule has 2 aromatic heterocycles. The van der Waals surface area contributed by atoms with Gasteiger partial charge in [-0.05, 0) is 55.3 Å². The fraction of sp³-hybridized carbons (Fsp3) is 0.273. The summed E-state index contributed by atoms with van der Waals surface area (Å²) in [5.74, 6) is 0.904. The smallest absolute Gasteiger partial charge is 0.254 e. The highest BCUT2D eigenvalue weighted by atomic mass is 16.2. The van der Waals surface area contributed by atoms with Gasteiger partial charge in [-0.3, -0.25) is 9.78 Å². The Bertz CT molecular complexity index is 964. The molecule has 0 bridgehead atoms. The van der Waals surface area contributed by atoms with Crippen LogP contribution in [0.2, 0.25) is 0 Å². The Morgan fingerprint density at radius 3 is 2.25 bits per heavy atom. The number of anilines is 1. The van der Waals surface area contributed by atoms with Gasteiger partial charge >= 0.3 is 0 Å². The Morgan fingerprint density at radius 2 is 1.61 bits per heavy atom. The molecule has 0 spiro atoms. The molecule has 0 N–H and O–H groups in total. The summed E-state index contributed by atoms with van der Waals surface area (Å²) < 4.78 is 0. The number of amides is 1. The quantitative estimate of drug-likeness (QED) is 0.706. The minimum Gasteiger partial charge on any atom is -0.352 e. The molecular formula is C22H23N5O. The van der Waals surface area contributed by atoms with Crippen LogP contribution in [0, 0.1) is 13.8 Å². The first-order valence-corrected chi connectivity index (χ1v) is 9.47. The van der Waals surface area contributed by atoms with Crippen molar-refractivity contribution in [1.82, 2.24) is 20.1 Å². The van der Waals surface area contributed by atoms with Gasteiger partial charge in [-0.2, -0.15) is 0 Å². The van der Waals surface area contributed by atoms with Gasteiger partial charge in [0.2, 0.25) is 0 Å². The fourth-order valence-electron chi connectivity index (χ4n) is 3.36. The number of aromatic nitrogens is 3. The molecule has 0 atom stereocenters. The lowest BCUT2D eigenvalue weighted by Crippen LogP contribution is -2.49. The van der Waals surface area contributed by atoms with Gasteiger partial charge in [-0.1, -0.05) is 12.1 Å². The van der Waals surface area contributed by atoms with Crippen molar-refractivity contribution in [2.45, 2.75) is 13.8 Å². The molecule has 142 valence electrons. The van der Waals surface area contributed by atoms with Gasteiger partial charge in [0.1, 0.15) is 0 Å². The van der Waals surface area contributed by atoms with Crippen LogP contribution in [0.5, 0.6) is 0 Å². The summed E-state index contributed by atoms with van der Waals surface area (Å²) in [6.45, 7) is 7.03. The third-order valence-corrected chi connectivity index (χ3v) is 5.27. The molecular weight excluding hydrogens is 350 g/mol. The molecule has 0 radical (unpaired) electrons. The van der Waals surface area contributed by atoms with Gasteiger partial charge in [0.25, 0.3) is 5.91 Å². The molecule has 1 aliphatic rings. The van der Waals surface area contributed by atoms with E-state index < -0.39 is 0 Å². The number of carbonyl (C=O) groups excluding carboxylic acids is 1. The average molecular weight is 373 g/mol. The van der Waals surface area contributed by atoms with Crippen LogP contribution in [0.1, 0.15) is 21.5 Å². The number of hydrogen-bond acceptors (Lipinski definition) is 5. The summed E-state index contributed by atoms with van der Waals surface area (Å²) in [4.78, 5) is 20.6. The lowest BCUT2D eigenvalue weighted by molar-refractivity contribution is 0.0746. The third kappa shape index (κ3) is 3.71. The van der Waals surface area contributed by atoms with E-state index >= 15 is 0 Å². The van der Waals surface area contributed by atoms with Crippen molar-refractivity contribution in [2.24, 2.45) is 0 Å². The fourth-order valence-corrected chi connectivity index (χ4v) is 3.36. The Morgan fingerprint density at radius 1 is 0.857 bits per heavy atom. The van der Waals surface area contributed by atoms with Gasteiger partial charge in [-0.25, -0.2) is 0 Å². The van der Waals surface area contributed by atoms with Crippen molar-refractivity contribution in [3.05, 3.63) is 71.5 Å². The molecule has 3 aromatic rings. The van der Waals surface area contributed by atoms with E-state index in [0.717, 1.165) is 30.2 Å². The van der Waals surface area contributed by atoms with Crippen LogP contribution in [0.4, 0.5) is 5.82 Å². The second-order valence-corrected chi connectivity index (χ2v) is 7.09. The predicted octanol–water partition coefficient (Wildman–Crippen LogP) is 3.12. The zero-order valence-electron chi connectivity index (χ0n) is 16.2. The van der Waals surface area contributed by atoms with E-state index in [1.165, 1.54) is 11.1 Å². The Hall–Kier alpha value is -3.28. The predicted molar refractivity (Wildman–Crippen MR) is 109 cm³/mol. The highest BCUT2D eigenvalue weighted by molar-refractivity contribution is 5.94. The number of nitrogens with zero attached hydrogens (tertiary/aromatic N) is 5. The largest absolute Gasteiger partial charge is 0.352 e. The molecule has 0 aliphatic carbocycles. The molecule has 1 amide bonds. The summed E-state index contributed by atoms with van der Waals surface area (Å²) in [6.07, 6.45) is 3.30. The third-order valence-electron chi connectivity index (χ3n) is 5.27. The zero-order valence-corrected chi connectivity index (χ0v) is 16.2. The SMILES string of the molecule is Cc1ccc(-c2ccc(N3CCN(C(=O)c4ccncc4)CC3)nn2)cc1C. The minimum atomic E-state index is 0.0539. The normalized spacial score (nSPS) is 14.2. The maximum absolute atomic E-state index is 12.5. The lowest BCUT2D eigenvalue weighted by atomic mass is 10.0. The minimum absolute atomic E-state index is 0.0539. The van der Waals surface area contributed by atoms with Crippen molar-refractivity contribution in [2.75, 3.05) is 31.1 Å². The van der Waals surface area contributed by atoms with E-state index in [2.05, 4.69) is 52.1 Å². The van der Waals surface area contributed by atoms with Crippen molar-refractivity contribution in [3.8, 4) is 11.3 Å². The van der Waals surface area contributed by atoms with Gasteiger partial charge in [0.05, 0.1) is 5.69 Å². The summed E-state index contributed by atoms with van der Waals surface area (Å²) in [5, 5.41) is 8.84. The number of benzene rings is 1. The topological polar surface area (TPSA) is 62.2 Å². The number of aryl methyl sites for hydroxylation is 2. The molecule has 6 heteroatoms. The maximum atomic E-state index is 12.5. The van der Waals surface area contributed by atoms with E-state index in [0.29, 0.717) is 18.7 Å². The number of hydrogen-bond donors (Lipinski definition) is 0. The first kappa shape index (κ1) is 18.1. The average Bonchev–Trinajstić information content (AvgIpc) is 2.76. The first-order chi connectivity index (χ1) is 13.6. The maximum Gasteiger partial charge on any atom is 0.254 e. The summed E-state index contributed by atoms with van der Waals surface area (Å²) >= 11 is 0. The summed E-state index contributed by atoms with van der Waals surface area (Å²) in [7, 11) is 0. The molecule has 1 aromatic carbocycles. The van der Waals surface area contributed by atoms with E-state index in [1.54, 1.807) is 24.5 Å². The molecule has 6 nitrogen and oxygen atoms in total. The standard InChI is InChI=1S/C22H23N5O/c1-16-3-4-19(15-17(16)2)20-5-6-21(25-24-20)26-11-13-27(14-12-26)22(28)18-7-9-23-10-8-18/h3-10,15H,11-14H2,1-2H3. The number of pyridine rings is 1. The molecule has 4 rings (SSSR count). The van der Waals surface area contributed by atoms with Crippen LogP contribution in [0.25, 0.3) is 11.3 Å². The molecule has 1 saturated heterocycles. The molecule has 0 saturated carbocycles. The Kier molecular flexibility index (Phi) is 5.02. The van der Waals surface area contributed by atoms with Crippen LogP contribution < -0.4 is 4.90 Å². The van der Waals surface area contributed by atoms with E-state index in [-0.39, 0.29) is 5.91 Å². The second-order valence-electron chi connectivity index (χ2n) is 7.09. The van der Waals surface area contributed by atoms with E-state index in [1.807, 2.05) is 17.0 Å². The Labute approximate surface area is 164 Å². The molecule has 1 fully saturated rings. The number of rotatable bonds is 3. The lowest BCUT2D eigenvalue weighted by Gasteiger charge is -2.35. The van der Waals surface area contributed by atoms with E-state index in [4.69, 9.17) is 0 Å². The zero-order chi connectivity index (χ0) is 19.5. The summed E-state index contributed by atoms with van der Waals surface area (Å²) in [5.41, 5.74) is 5.15. The van der Waals surface area contributed by atoms with Crippen LogP contribution in [-0.4, -0.2) is 52.2 Å². The van der Waals surface area contributed by atoms with Gasteiger partial charge in [0, 0.05) is 49.7 Å². The van der Waals surface area contributed by atoms with Gasteiger partial charge < -0.3 is 9.80 Å². The monoisotopic (exact) mass is 373 g/mol. The molecule has 3 heterocycles. The van der Waals surface area contributed by atoms with Crippen molar-refractivity contribution in [3.63, 3.8) is 0 Å². The molecule has 28 heavy (non-hydrogen) atoms. The molecule has 1 aliphatic heterocycles. The number of carbonyl (C=O) groups is 1. The summed E-state index contributed by atoms with van der Waals surface area (Å²) in [6, 6.07) is 13.9. The second kappa shape index (κ2) is 7.76. The van der Waals surface area contributed by atoms with Gasteiger partial charge in [-0.15, -0.1) is 10.2 Å². The number of piperazine rings is 1.